The molecule has 0 aromatic heterocycles. The largest absolute Gasteiger partial charge is 0.336 e. The predicted molar refractivity (Wildman–Crippen MR) is 94.9 cm³/mol. The Kier molecular flexibility index (Phi) is 4.46. The average molecular weight is 341 g/mol. The Bertz CT molecular complexity index is 846. The molecule has 0 N–H and O–H groups in total. The summed E-state index contributed by atoms with van der Waals surface area (Å²) in [6, 6.07) is 11.4. The zero-order valence-corrected chi connectivity index (χ0v) is 14.5. The van der Waals surface area contributed by atoms with Gasteiger partial charge in [0, 0.05) is 26.0 Å². The van der Waals surface area contributed by atoms with E-state index in [4.69, 9.17) is 0 Å². The normalized spacial score (nSPS) is 18.7. The van der Waals surface area contributed by atoms with Gasteiger partial charge in [-0.2, -0.15) is 0 Å². The summed E-state index contributed by atoms with van der Waals surface area (Å²) in [5.74, 6) is -1.07. The minimum atomic E-state index is -0.585. The second-order valence-electron chi connectivity index (χ2n) is 6.67. The monoisotopic (exact) mass is 341 g/mol. The van der Waals surface area contributed by atoms with Gasteiger partial charge >= 0.3 is 0 Å². The molecule has 2 aromatic rings. The number of amides is 1. The van der Waals surface area contributed by atoms with E-state index >= 15 is 0 Å². The first-order valence-corrected chi connectivity index (χ1v) is 8.31. The zero-order chi connectivity index (χ0) is 18.2. The lowest BCUT2D eigenvalue weighted by molar-refractivity contribution is -0.133. The SMILES string of the molecule is C=C(C[C@@]1(N(C)C(C)=O)CCc2ccccc21)c1cc(F)ccc1F. The van der Waals surface area contributed by atoms with Crippen LogP contribution in [0.15, 0.2) is 49.0 Å². The van der Waals surface area contributed by atoms with Crippen LogP contribution in [0.2, 0.25) is 0 Å². The molecule has 1 atom stereocenters. The molecule has 0 aliphatic heterocycles. The smallest absolute Gasteiger partial charge is 0.219 e. The number of benzene rings is 2. The van der Waals surface area contributed by atoms with Crippen LogP contribution in [-0.4, -0.2) is 17.9 Å². The number of carbonyl (C=O) groups excluding carboxylic acids is 1. The van der Waals surface area contributed by atoms with Crippen LogP contribution in [0.5, 0.6) is 0 Å². The fourth-order valence-corrected chi connectivity index (χ4v) is 3.84. The molecule has 4 heteroatoms. The van der Waals surface area contributed by atoms with Crippen molar-refractivity contribution in [3.8, 4) is 0 Å². The van der Waals surface area contributed by atoms with E-state index in [1.807, 2.05) is 18.2 Å². The minimum Gasteiger partial charge on any atom is -0.336 e. The molecule has 3 rings (SSSR count). The van der Waals surface area contributed by atoms with Crippen LogP contribution in [0.25, 0.3) is 5.57 Å². The first kappa shape index (κ1) is 17.3. The number of carbonyl (C=O) groups is 1. The topological polar surface area (TPSA) is 20.3 Å². The van der Waals surface area contributed by atoms with Crippen molar-refractivity contribution in [1.29, 1.82) is 0 Å². The van der Waals surface area contributed by atoms with Crippen LogP contribution in [0.4, 0.5) is 8.78 Å². The summed E-state index contributed by atoms with van der Waals surface area (Å²) in [6.45, 7) is 5.53. The second-order valence-corrected chi connectivity index (χ2v) is 6.67. The van der Waals surface area contributed by atoms with Crippen molar-refractivity contribution in [3.63, 3.8) is 0 Å². The summed E-state index contributed by atoms with van der Waals surface area (Å²) in [4.78, 5) is 13.9. The van der Waals surface area contributed by atoms with Gasteiger partial charge in [-0.15, -0.1) is 0 Å². The van der Waals surface area contributed by atoms with Crippen LogP contribution >= 0.6 is 0 Å². The summed E-state index contributed by atoms with van der Waals surface area (Å²) in [5, 5.41) is 0. The van der Waals surface area contributed by atoms with Crippen molar-refractivity contribution < 1.29 is 13.6 Å². The first-order chi connectivity index (χ1) is 11.8. The molecule has 2 aromatic carbocycles. The molecule has 0 radical (unpaired) electrons. The molecule has 0 saturated heterocycles. The number of hydrogen-bond donors (Lipinski definition) is 0. The van der Waals surface area contributed by atoms with E-state index in [-0.39, 0.29) is 11.5 Å². The molecule has 0 saturated carbocycles. The maximum absolute atomic E-state index is 14.2. The van der Waals surface area contributed by atoms with Crippen molar-refractivity contribution in [2.24, 2.45) is 0 Å². The molecule has 1 amide bonds. The molecule has 0 unspecified atom stereocenters. The van der Waals surface area contributed by atoms with E-state index < -0.39 is 17.2 Å². The Balaban J connectivity index is 2.05. The lowest BCUT2D eigenvalue weighted by atomic mass is 9.82. The van der Waals surface area contributed by atoms with Gasteiger partial charge in [0.05, 0.1) is 5.54 Å². The van der Waals surface area contributed by atoms with Crippen LogP contribution in [-0.2, 0) is 16.8 Å². The Labute approximate surface area is 146 Å². The summed E-state index contributed by atoms with van der Waals surface area (Å²) >= 11 is 0. The van der Waals surface area contributed by atoms with Gasteiger partial charge in [-0.3, -0.25) is 4.79 Å². The molecule has 25 heavy (non-hydrogen) atoms. The molecular weight excluding hydrogens is 320 g/mol. The molecule has 1 aliphatic rings. The molecule has 2 nitrogen and oxygen atoms in total. The molecule has 0 heterocycles. The van der Waals surface area contributed by atoms with Gasteiger partial charge in [-0.25, -0.2) is 8.78 Å². The van der Waals surface area contributed by atoms with Crippen LogP contribution in [0.3, 0.4) is 0 Å². The molecule has 130 valence electrons. The van der Waals surface area contributed by atoms with Crippen molar-refractivity contribution >= 4 is 11.5 Å². The Hall–Kier alpha value is -2.49. The van der Waals surface area contributed by atoms with Crippen LogP contribution in [0.1, 0.15) is 36.5 Å². The van der Waals surface area contributed by atoms with Gasteiger partial charge in [0.2, 0.25) is 5.91 Å². The third kappa shape index (κ3) is 2.97. The number of nitrogens with zero attached hydrogens (tertiary/aromatic N) is 1. The predicted octanol–water partition coefficient (Wildman–Crippen LogP) is 4.69. The third-order valence-electron chi connectivity index (χ3n) is 5.26. The van der Waals surface area contributed by atoms with Gasteiger partial charge in [-0.1, -0.05) is 30.8 Å². The summed E-state index contributed by atoms with van der Waals surface area (Å²) in [5.41, 5.74) is 2.31. The van der Waals surface area contributed by atoms with E-state index in [0.717, 1.165) is 30.5 Å². The highest BCUT2D eigenvalue weighted by molar-refractivity contribution is 5.76. The first-order valence-electron chi connectivity index (χ1n) is 8.31. The Morgan fingerprint density at radius 3 is 2.68 bits per heavy atom. The summed E-state index contributed by atoms with van der Waals surface area (Å²) in [7, 11) is 1.76. The highest BCUT2D eigenvalue weighted by Gasteiger charge is 2.43. The van der Waals surface area contributed by atoms with Gasteiger partial charge < -0.3 is 4.90 Å². The van der Waals surface area contributed by atoms with Gasteiger partial charge in [0.15, 0.2) is 0 Å². The molecule has 0 bridgehead atoms. The van der Waals surface area contributed by atoms with Gasteiger partial charge in [-0.05, 0) is 47.7 Å². The zero-order valence-electron chi connectivity index (χ0n) is 14.5. The van der Waals surface area contributed by atoms with E-state index in [9.17, 15) is 13.6 Å². The standard InChI is InChI=1S/C21H21F2NO/c1-14(18-12-17(22)8-9-20(18)23)13-21(24(3)15(2)25)11-10-16-6-4-5-7-19(16)21/h4-9,12H,1,10-11,13H2,2-3H3/t21-/m0/s1. The van der Waals surface area contributed by atoms with E-state index in [0.29, 0.717) is 12.0 Å². The minimum absolute atomic E-state index is 0.0655. The number of hydrogen-bond acceptors (Lipinski definition) is 1. The lowest BCUT2D eigenvalue weighted by Crippen LogP contribution is -2.45. The maximum atomic E-state index is 14.2. The quantitative estimate of drug-likeness (QED) is 0.790. The molecule has 0 spiro atoms. The Morgan fingerprint density at radius 1 is 1.24 bits per heavy atom. The van der Waals surface area contributed by atoms with E-state index in [1.165, 1.54) is 18.6 Å². The number of fused-ring (bicyclic) bond motifs is 1. The lowest BCUT2D eigenvalue weighted by Gasteiger charge is -2.40. The molecule has 1 aliphatic carbocycles. The maximum Gasteiger partial charge on any atom is 0.219 e. The highest BCUT2D eigenvalue weighted by Crippen LogP contribution is 2.46. The van der Waals surface area contributed by atoms with Gasteiger partial charge in [0.1, 0.15) is 11.6 Å². The fourth-order valence-electron chi connectivity index (χ4n) is 3.84. The van der Waals surface area contributed by atoms with Crippen molar-refractivity contribution in [3.05, 3.63) is 77.4 Å². The summed E-state index contributed by atoms with van der Waals surface area (Å²) < 4.78 is 27.7. The summed E-state index contributed by atoms with van der Waals surface area (Å²) in [6.07, 6.45) is 1.94. The number of halogens is 2. The van der Waals surface area contributed by atoms with E-state index in [2.05, 4.69) is 12.6 Å². The van der Waals surface area contributed by atoms with Gasteiger partial charge in [0.25, 0.3) is 0 Å². The number of aryl methyl sites for hydroxylation is 1. The van der Waals surface area contributed by atoms with E-state index in [1.54, 1.807) is 11.9 Å². The average Bonchev–Trinajstić information content (AvgIpc) is 2.96. The third-order valence-corrected chi connectivity index (χ3v) is 5.26. The van der Waals surface area contributed by atoms with Crippen molar-refractivity contribution in [1.82, 2.24) is 4.90 Å². The Morgan fingerprint density at radius 2 is 1.96 bits per heavy atom. The highest BCUT2D eigenvalue weighted by atomic mass is 19.1. The van der Waals surface area contributed by atoms with Crippen LogP contribution in [0, 0.1) is 11.6 Å². The fraction of sp³-hybridized carbons (Fsp3) is 0.286. The molecular formula is C21H21F2NO. The molecule has 0 fully saturated rings. The second kappa shape index (κ2) is 6.43. The van der Waals surface area contributed by atoms with Crippen molar-refractivity contribution in [2.75, 3.05) is 7.05 Å². The van der Waals surface area contributed by atoms with Crippen molar-refractivity contribution in [2.45, 2.75) is 31.7 Å². The number of rotatable bonds is 4. The van der Waals surface area contributed by atoms with Crippen LogP contribution < -0.4 is 0 Å².